The van der Waals surface area contributed by atoms with Gasteiger partial charge in [-0.05, 0) is 24.3 Å². The van der Waals surface area contributed by atoms with E-state index in [-0.39, 0.29) is 0 Å². The molecule has 0 fully saturated rings. The zero-order chi connectivity index (χ0) is 15.5. The van der Waals surface area contributed by atoms with Crippen LogP contribution in [0.15, 0.2) is 48.5 Å². The average Bonchev–Trinajstić information content (AvgIpc) is 2.60. The quantitative estimate of drug-likeness (QED) is 0.688. The number of carbonyl (C=O) groups is 1. The Kier molecular flexibility index (Phi) is 3.74. The van der Waals surface area contributed by atoms with Gasteiger partial charge in [0, 0.05) is 22.6 Å². The molecule has 0 unspecified atom stereocenters. The standard InChI is InChI=1S/C18H15NO3/c1-21-14-7-12(8-15(10-14)22-2)18-9-13(11-20)16-5-3-4-6-17(16)19-18/h3-11H,1-2H3. The number of aromatic nitrogens is 1. The van der Waals surface area contributed by atoms with Crippen LogP contribution in [0.2, 0.25) is 0 Å². The second-order valence-corrected chi connectivity index (χ2v) is 4.83. The van der Waals surface area contributed by atoms with Gasteiger partial charge in [-0.1, -0.05) is 18.2 Å². The Morgan fingerprint density at radius 1 is 0.955 bits per heavy atom. The van der Waals surface area contributed by atoms with E-state index in [0.29, 0.717) is 22.8 Å². The molecule has 0 aliphatic rings. The Hall–Kier alpha value is -2.88. The lowest BCUT2D eigenvalue weighted by Crippen LogP contribution is -1.93. The molecule has 0 saturated carbocycles. The minimum Gasteiger partial charge on any atom is -0.497 e. The normalized spacial score (nSPS) is 10.5. The van der Waals surface area contributed by atoms with Gasteiger partial charge in [-0.3, -0.25) is 4.79 Å². The molecule has 0 atom stereocenters. The van der Waals surface area contributed by atoms with Crippen LogP contribution < -0.4 is 9.47 Å². The van der Waals surface area contributed by atoms with E-state index in [0.717, 1.165) is 22.8 Å². The van der Waals surface area contributed by atoms with Crippen LogP contribution in [0.4, 0.5) is 0 Å². The summed E-state index contributed by atoms with van der Waals surface area (Å²) < 4.78 is 10.6. The second kappa shape index (κ2) is 5.85. The topological polar surface area (TPSA) is 48.4 Å². The number of aldehydes is 1. The maximum Gasteiger partial charge on any atom is 0.150 e. The van der Waals surface area contributed by atoms with Gasteiger partial charge >= 0.3 is 0 Å². The third-order valence-corrected chi connectivity index (χ3v) is 3.52. The lowest BCUT2D eigenvalue weighted by atomic mass is 10.0. The molecule has 3 rings (SSSR count). The first-order chi connectivity index (χ1) is 10.7. The maximum absolute atomic E-state index is 11.4. The summed E-state index contributed by atoms with van der Waals surface area (Å²) in [6, 6.07) is 14.9. The van der Waals surface area contributed by atoms with E-state index in [4.69, 9.17) is 9.47 Å². The zero-order valence-electron chi connectivity index (χ0n) is 12.4. The molecule has 3 aromatic rings. The molecule has 1 heterocycles. The Labute approximate surface area is 128 Å². The number of pyridine rings is 1. The average molecular weight is 293 g/mol. The summed E-state index contributed by atoms with van der Waals surface area (Å²) >= 11 is 0. The molecule has 0 bridgehead atoms. The number of methoxy groups -OCH3 is 2. The largest absolute Gasteiger partial charge is 0.497 e. The Bertz CT molecular complexity index is 821. The number of nitrogens with zero attached hydrogens (tertiary/aromatic N) is 1. The smallest absolute Gasteiger partial charge is 0.150 e. The molecule has 1 aromatic heterocycles. The fourth-order valence-corrected chi connectivity index (χ4v) is 2.40. The Balaban J connectivity index is 2.23. The molecule has 0 radical (unpaired) electrons. The Morgan fingerprint density at radius 2 is 1.64 bits per heavy atom. The summed E-state index contributed by atoms with van der Waals surface area (Å²) in [5, 5.41) is 0.844. The molecular weight excluding hydrogens is 278 g/mol. The predicted molar refractivity (Wildman–Crippen MR) is 85.7 cm³/mol. The van der Waals surface area contributed by atoms with Gasteiger partial charge < -0.3 is 9.47 Å². The van der Waals surface area contributed by atoms with Crippen molar-refractivity contribution in [3.63, 3.8) is 0 Å². The summed E-state index contributed by atoms with van der Waals surface area (Å²) in [6.07, 6.45) is 0.852. The van der Waals surface area contributed by atoms with Gasteiger partial charge in [-0.15, -0.1) is 0 Å². The molecule has 2 aromatic carbocycles. The van der Waals surface area contributed by atoms with E-state index in [9.17, 15) is 4.79 Å². The maximum atomic E-state index is 11.4. The fourth-order valence-electron chi connectivity index (χ4n) is 2.40. The lowest BCUT2D eigenvalue weighted by Gasteiger charge is -2.10. The molecule has 0 amide bonds. The van der Waals surface area contributed by atoms with Crippen LogP contribution in [-0.2, 0) is 0 Å². The second-order valence-electron chi connectivity index (χ2n) is 4.83. The van der Waals surface area contributed by atoms with Crippen molar-refractivity contribution in [3.8, 4) is 22.8 Å². The van der Waals surface area contributed by atoms with Crippen molar-refractivity contribution in [1.29, 1.82) is 0 Å². The van der Waals surface area contributed by atoms with Crippen molar-refractivity contribution in [3.05, 3.63) is 54.1 Å². The van der Waals surface area contributed by atoms with Gasteiger partial charge in [0.1, 0.15) is 11.5 Å². The number of hydrogen-bond donors (Lipinski definition) is 0. The summed E-state index contributed by atoms with van der Waals surface area (Å²) in [4.78, 5) is 16.0. The van der Waals surface area contributed by atoms with Crippen molar-refractivity contribution in [2.75, 3.05) is 14.2 Å². The van der Waals surface area contributed by atoms with Crippen LogP contribution >= 0.6 is 0 Å². The van der Waals surface area contributed by atoms with Crippen molar-refractivity contribution in [1.82, 2.24) is 4.98 Å². The summed E-state index contributed by atoms with van der Waals surface area (Å²) in [5.74, 6) is 1.36. The molecule has 0 spiro atoms. The van der Waals surface area contributed by atoms with Crippen molar-refractivity contribution in [2.45, 2.75) is 0 Å². The van der Waals surface area contributed by atoms with Crippen LogP contribution in [-0.4, -0.2) is 25.5 Å². The van der Waals surface area contributed by atoms with Crippen molar-refractivity contribution < 1.29 is 14.3 Å². The number of fused-ring (bicyclic) bond motifs is 1. The molecule has 0 N–H and O–H groups in total. The van der Waals surface area contributed by atoms with Gasteiger partial charge in [-0.25, -0.2) is 4.98 Å². The predicted octanol–water partition coefficient (Wildman–Crippen LogP) is 3.73. The monoisotopic (exact) mass is 293 g/mol. The minimum atomic E-state index is 0.613. The highest BCUT2D eigenvalue weighted by Gasteiger charge is 2.09. The molecular formula is C18H15NO3. The number of para-hydroxylation sites is 1. The number of rotatable bonds is 4. The summed E-state index contributed by atoms with van der Waals surface area (Å²) in [6.45, 7) is 0. The van der Waals surface area contributed by atoms with Crippen molar-refractivity contribution >= 4 is 17.2 Å². The molecule has 4 nitrogen and oxygen atoms in total. The van der Waals surface area contributed by atoms with Gasteiger partial charge in [-0.2, -0.15) is 0 Å². The van der Waals surface area contributed by atoms with E-state index in [1.54, 1.807) is 26.4 Å². The number of carbonyl (C=O) groups excluding carboxylic acids is 1. The van der Waals surface area contributed by atoms with Crippen molar-refractivity contribution in [2.24, 2.45) is 0 Å². The highest BCUT2D eigenvalue weighted by molar-refractivity contribution is 5.98. The zero-order valence-corrected chi connectivity index (χ0v) is 12.4. The van der Waals surface area contributed by atoms with Crippen LogP contribution in [0.25, 0.3) is 22.2 Å². The molecule has 0 aliphatic carbocycles. The van der Waals surface area contributed by atoms with Crippen LogP contribution in [0, 0.1) is 0 Å². The van der Waals surface area contributed by atoms with E-state index in [1.807, 2.05) is 36.4 Å². The van der Waals surface area contributed by atoms with Gasteiger partial charge in [0.05, 0.1) is 25.4 Å². The van der Waals surface area contributed by atoms with Crippen LogP contribution in [0.1, 0.15) is 10.4 Å². The number of hydrogen-bond acceptors (Lipinski definition) is 4. The fraction of sp³-hybridized carbons (Fsp3) is 0.111. The molecule has 22 heavy (non-hydrogen) atoms. The van der Waals surface area contributed by atoms with E-state index in [1.165, 1.54) is 0 Å². The molecule has 0 saturated heterocycles. The highest BCUT2D eigenvalue weighted by atomic mass is 16.5. The first kappa shape index (κ1) is 14.1. The first-order valence-electron chi connectivity index (χ1n) is 6.83. The van der Waals surface area contributed by atoms with E-state index >= 15 is 0 Å². The number of ether oxygens (including phenoxy) is 2. The third kappa shape index (κ3) is 2.51. The molecule has 4 heteroatoms. The molecule has 110 valence electrons. The molecule has 0 aliphatic heterocycles. The van der Waals surface area contributed by atoms with Crippen LogP contribution in [0.3, 0.4) is 0 Å². The Morgan fingerprint density at radius 3 is 2.27 bits per heavy atom. The SMILES string of the molecule is COc1cc(OC)cc(-c2cc(C=O)c3ccccc3n2)c1. The third-order valence-electron chi connectivity index (χ3n) is 3.52. The van der Waals surface area contributed by atoms with Gasteiger partial charge in [0.15, 0.2) is 6.29 Å². The number of benzene rings is 2. The van der Waals surface area contributed by atoms with Gasteiger partial charge in [0.2, 0.25) is 0 Å². The summed E-state index contributed by atoms with van der Waals surface area (Å²) in [5.41, 5.74) is 2.94. The first-order valence-corrected chi connectivity index (χ1v) is 6.83. The lowest BCUT2D eigenvalue weighted by molar-refractivity contribution is 0.112. The summed E-state index contributed by atoms with van der Waals surface area (Å²) in [7, 11) is 3.20. The minimum absolute atomic E-state index is 0.613. The highest BCUT2D eigenvalue weighted by Crippen LogP contribution is 2.30. The van der Waals surface area contributed by atoms with E-state index < -0.39 is 0 Å². The van der Waals surface area contributed by atoms with Crippen LogP contribution in [0.5, 0.6) is 11.5 Å². The van der Waals surface area contributed by atoms with E-state index in [2.05, 4.69) is 4.98 Å². The van der Waals surface area contributed by atoms with Gasteiger partial charge in [0.25, 0.3) is 0 Å².